The van der Waals surface area contributed by atoms with Gasteiger partial charge in [0.05, 0.1) is 0 Å². The summed E-state index contributed by atoms with van der Waals surface area (Å²) in [7, 11) is 0. The molecule has 6 aromatic rings. The molecule has 0 amide bonds. The van der Waals surface area contributed by atoms with Crippen LogP contribution in [0.5, 0.6) is 0 Å². The summed E-state index contributed by atoms with van der Waals surface area (Å²) in [6, 6.07) is 55.8. The Morgan fingerprint density at radius 2 is 0.625 bits per heavy atom. The number of rotatable bonds is 7. The SMILES string of the molecule is C(=C\c1cc(-c2ccc(-c3ccccc3)c(/C=C/c3ccccc3)c2)ccc1-c1ccccc1)/c1ccccc1. The molecule has 0 radical (unpaired) electrons. The molecule has 0 aliphatic heterocycles. The molecule has 0 aromatic heterocycles. The first kappa shape index (κ1) is 25.1. The first-order valence-electron chi connectivity index (χ1n) is 13.7. The van der Waals surface area contributed by atoms with Crippen LogP contribution >= 0.6 is 0 Å². The molecule has 0 heteroatoms. The van der Waals surface area contributed by atoms with Crippen molar-refractivity contribution >= 4 is 24.3 Å². The third-order valence-corrected chi connectivity index (χ3v) is 7.12. The Labute approximate surface area is 237 Å². The van der Waals surface area contributed by atoms with Crippen molar-refractivity contribution in [1.82, 2.24) is 0 Å². The molecule has 0 bridgehead atoms. The quantitative estimate of drug-likeness (QED) is 0.187. The van der Waals surface area contributed by atoms with Crippen LogP contribution in [0.4, 0.5) is 0 Å². The van der Waals surface area contributed by atoms with E-state index in [1.165, 1.54) is 55.6 Å². The second kappa shape index (κ2) is 12.1. The van der Waals surface area contributed by atoms with Crippen molar-refractivity contribution in [2.45, 2.75) is 0 Å². The number of hydrogen-bond acceptors (Lipinski definition) is 0. The maximum Gasteiger partial charge on any atom is -0.0111 e. The van der Waals surface area contributed by atoms with Crippen molar-refractivity contribution in [1.29, 1.82) is 0 Å². The van der Waals surface area contributed by atoms with Crippen LogP contribution in [-0.4, -0.2) is 0 Å². The fourth-order valence-electron chi connectivity index (χ4n) is 5.02. The molecule has 6 aromatic carbocycles. The largest absolute Gasteiger partial charge is 0.0622 e. The van der Waals surface area contributed by atoms with Crippen LogP contribution < -0.4 is 0 Å². The number of hydrogen-bond donors (Lipinski definition) is 0. The van der Waals surface area contributed by atoms with Gasteiger partial charge in [0.15, 0.2) is 0 Å². The third kappa shape index (κ3) is 5.93. The van der Waals surface area contributed by atoms with Gasteiger partial charge in [-0.2, -0.15) is 0 Å². The Balaban J connectivity index is 1.44. The van der Waals surface area contributed by atoms with Crippen LogP contribution in [0.15, 0.2) is 158 Å². The van der Waals surface area contributed by atoms with Gasteiger partial charge >= 0.3 is 0 Å². The minimum Gasteiger partial charge on any atom is -0.0622 e. The smallest absolute Gasteiger partial charge is 0.0111 e. The van der Waals surface area contributed by atoms with Gasteiger partial charge in [0, 0.05) is 0 Å². The molecule has 40 heavy (non-hydrogen) atoms. The highest BCUT2D eigenvalue weighted by Crippen LogP contribution is 2.34. The topological polar surface area (TPSA) is 0 Å². The highest BCUT2D eigenvalue weighted by atomic mass is 14.1. The second-order valence-corrected chi connectivity index (χ2v) is 9.82. The van der Waals surface area contributed by atoms with E-state index in [4.69, 9.17) is 0 Å². The van der Waals surface area contributed by atoms with E-state index >= 15 is 0 Å². The standard InChI is InChI=1S/C40H30/c1-5-13-31(14-6-1)21-23-37-29-35(25-27-39(37)33-17-9-3-10-18-33)36-26-28-40(34-19-11-4-12-20-34)38(30-36)24-22-32-15-7-2-8-16-32/h1-30H/b23-21+,24-22+. The summed E-state index contributed by atoms with van der Waals surface area (Å²) in [4.78, 5) is 0. The summed E-state index contributed by atoms with van der Waals surface area (Å²) < 4.78 is 0. The zero-order valence-electron chi connectivity index (χ0n) is 22.3. The normalized spacial score (nSPS) is 11.3. The molecule has 0 saturated heterocycles. The minimum absolute atomic E-state index is 1.19. The van der Waals surface area contributed by atoms with Gasteiger partial charge in [-0.25, -0.2) is 0 Å². The predicted octanol–water partition coefficient (Wildman–Crippen LogP) is 11.0. The van der Waals surface area contributed by atoms with Gasteiger partial charge in [-0.15, -0.1) is 0 Å². The molecule has 0 nitrogen and oxygen atoms in total. The molecule has 0 spiro atoms. The summed E-state index contributed by atoms with van der Waals surface area (Å²) in [5, 5.41) is 0. The van der Waals surface area contributed by atoms with Gasteiger partial charge in [-0.1, -0.05) is 170 Å². The fraction of sp³-hybridized carbons (Fsp3) is 0. The molecule has 6 rings (SSSR count). The molecule has 0 heterocycles. The summed E-state index contributed by atoms with van der Waals surface area (Å²) in [5.74, 6) is 0. The lowest BCUT2D eigenvalue weighted by Crippen LogP contribution is -1.89. The van der Waals surface area contributed by atoms with Gasteiger partial charge in [0.1, 0.15) is 0 Å². The Hall–Kier alpha value is -5.20. The highest BCUT2D eigenvalue weighted by Gasteiger charge is 2.09. The van der Waals surface area contributed by atoms with Crippen LogP contribution in [0.25, 0.3) is 57.7 Å². The summed E-state index contributed by atoms with van der Waals surface area (Å²) in [5.41, 5.74) is 12.0. The van der Waals surface area contributed by atoms with E-state index in [2.05, 4.69) is 182 Å². The van der Waals surface area contributed by atoms with Gasteiger partial charge in [0.2, 0.25) is 0 Å². The third-order valence-electron chi connectivity index (χ3n) is 7.12. The average molecular weight is 511 g/mol. The first-order chi connectivity index (χ1) is 19.8. The summed E-state index contributed by atoms with van der Waals surface area (Å²) >= 11 is 0. The predicted molar refractivity (Wildman–Crippen MR) is 173 cm³/mol. The summed E-state index contributed by atoms with van der Waals surface area (Å²) in [6.45, 7) is 0. The van der Waals surface area contributed by atoms with Crippen LogP contribution in [0.2, 0.25) is 0 Å². The zero-order chi connectivity index (χ0) is 27.0. The van der Waals surface area contributed by atoms with Crippen molar-refractivity contribution in [2.75, 3.05) is 0 Å². The second-order valence-electron chi connectivity index (χ2n) is 9.82. The lowest BCUT2D eigenvalue weighted by molar-refractivity contribution is 1.55. The molecule has 0 aliphatic rings. The highest BCUT2D eigenvalue weighted by molar-refractivity contribution is 5.87. The van der Waals surface area contributed by atoms with E-state index in [0.717, 1.165) is 0 Å². The molecule has 0 unspecified atom stereocenters. The number of benzene rings is 6. The maximum absolute atomic E-state index is 2.31. The Bertz CT molecular complexity index is 1610. The zero-order valence-corrected chi connectivity index (χ0v) is 22.3. The maximum atomic E-state index is 2.31. The van der Waals surface area contributed by atoms with E-state index in [0.29, 0.717) is 0 Å². The molecule has 0 saturated carbocycles. The molecular weight excluding hydrogens is 480 g/mol. The molecule has 0 aliphatic carbocycles. The Kier molecular flexibility index (Phi) is 7.60. The van der Waals surface area contributed by atoms with Gasteiger partial charge in [-0.05, 0) is 67.8 Å². The molecular formula is C40H30. The molecule has 0 atom stereocenters. The van der Waals surface area contributed by atoms with Crippen molar-refractivity contribution in [3.8, 4) is 33.4 Å². The lowest BCUT2D eigenvalue weighted by atomic mass is 9.91. The van der Waals surface area contributed by atoms with Crippen LogP contribution in [-0.2, 0) is 0 Å². The van der Waals surface area contributed by atoms with Crippen molar-refractivity contribution in [3.05, 3.63) is 180 Å². The van der Waals surface area contributed by atoms with E-state index in [-0.39, 0.29) is 0 Å². The van der Waals surface area contributed by atoms with Crippen LogP contribution in [0.1, 0.15) is 22.3 Å². The van der Waals surface area contributed by atoms with Crippen molar-refractivity contribution in [2.24, 2.45) is 0 Å². The Morgan fingerprint density at radius 1 is 0.275 bits per heavy atom. The Morgan fingerprint density at radius 3 is 1.00 bits per heavy atom. The van der Waals surface area contributed by atoms with E-state index < -0.39 is 0 Å². The van der Waals surface area contributed by atoms with Gasteiger partial charge in [0.25, 0.3) is 0 Å². The summed E-state index contributed by atoms with van der Waals surface area (Å²) in [6.07, 6.45) is 8.85. The lowest BCUT2D eigenvalue weighted by Gasteiger charge is -2.13. The van der Waals surface area contributed by atoms with Gasteiger partial charge in [-0.3, -0.25) is 0 Å². The first-order valence-corrected chi connectivity index (χ1v) is 13.7. The van der Waals surface area contributed by atoms with Crippen LogP contribution in [0, 0.1) is 0 Å². The van der Waals surface area contributed by atoms with E-state index in [1.807, 2.05) is 0 Å². The van der Waals surface area contributed by atoms with Crippen molar-refractivity contribution < 1.29 is 0 Å². The molecule has 190 valence electrons. The monoisotopic (exact) mass is 510 g/mol. The molecule has 0 N–H and O–H groups in total. The average Bonchev–Trinajstić information content (AvgIpc) is 3.04. The minimum atomic E-state index is 1.19. The fourth-order valence-corrected chi connectivity index (χ4v) is 5.02. The van der Waals surface area contributed by atoms with Crippen LogP contribution in [0.3, 0.4) is 0 Å². The molecule has 0 fully saturated rings. The van der Waals surface area contributed by atoms with E-state index in [1.54, 1.807) is 0 Å². The van der Waals surface area contributed by atoms with Gasteiger partial charge < -0.3 is 0 Å². The van der Waals surface area contributed by atoms with E-state index in [9.17, 15) is 0 Å². The van der Waals surface area contributed by atoms with Crippen molar-refractivity contribution in [3.63, 3.8) is 0 Å².